The zero-order valence-corrected chi connectivity index (χ0v) is 15.6. The quantitative estimate of drug-likeness (QED) is 0.635. The molecule has 25 heavy (non-hydrogen) atoms. The Morgan fingerprint density at radius 3 is 2.92 bits per heavy atom. The molecule has 3 aromatic rings. The van der Waals surface area contributed by atoms with Crippen molar-refractivity contribution in [3.05, 3.63) is 51.0 Å². The summed E-state index contributed by atoms with van der Waals surface area (Å²) in [4.78, 5) is 22.0. The van der Waals surface area contributed by atoms with Crippen molar-refractivity contribution >= 4 is 33.7 Å². The number of nitrogens with zero attached hydrogens (tertiary/aromatic N) is 2. The fourth-order valence-electron chi connectivity index (χ4n) is 2.36. The Hall–Kier alpha value is -2.12. The Morgan fingerprint density at radius 1 is 1.32 bits per heavy atom. The van der Waals surface area contributed by atoms with Crippen LogP contribution in [-0.4, -0.2) is 15.9 Å². The largest absolute Gasteiger partial charge is 0.297 e. The van der Waals surface area contributed by atoms with Gasteiger partial charge >= 0.3 is 0 Å². The zero-order chi connectivity index (χ0) is 17.8. The molecule has 0 radical (unpaired) electrons. The summed E-state index contributed by atoms with van der Waals surface area (Å²) in [7, 11) is 0. The van der Waals surface area contributed by atoms with Crippen LogP contribution in [0.5, 0.6) is 0 Å². The first-order valence-electron chi connectivity index (χ1n) is 8.06. The van der Waals surface area contributed by atoms with Gasteiger partial charge in [0.15, 0.2) is 5.13 Å². The van der Waals surface area contributed by atoms with Gasteiger partial charge in [-0.15, -0.1) is 22.7 Å². The summed E-state index contributed by atoms with van der Waals surface area (Å²) in [5.74, 6) is -0.506. The van der Waals surface area contributed by atoms with Crippen molar-refractivity contribution in [2.45, 2.75) is 33.1 Å². The van der Waals surface area contributed by atoms with Crippen LogP contribution in [0, 0.1) is 12.7 Å². The number of unbranched alkanes of at least 4 members (excludes halogenated alkanes) is 1. The number of aryl methyl sites for hydroxylation is 2. The maximum atomic E-state index is 13.3. The highest BCUT2D eigenvalue weighted by Gasteiger charge is 2.17. The summed E-state index contributed by atoms with van der Waals surface area (Å²) in [6.07, 6.45) is 3.07. The molecule has 3 rings (SSSR count). The molecule has 0 aliphatic carbocycles. The summed E-state index contributed by atoms with van der Waals surface area (Å²) in [5.41, 5.74) is 2.08. The topological polar surface area (TPSA) is 54.9 Å². The van der Waals surface area contributed by atoms with Crippen molar-refractivity contribution in [1.29, 1.82) is 0 Å². The maximum absolute atomic E-state index is 13.3. The van der Waals surface area contributed by atoms with Gasteiger partial charge < -0.3 is 0 Å². The molecule has 130 valence electrons. The molecule has 1 aromatic carbocycles. The normalized spacial score (nSPS) is 10.8. The zero-order valence-electron chi connectivity index (χ0n) is 14.0. The van der Waals surface area contributed by atoms with Gasteiger partial charge in [-0.3, -0.25) is 10.1 Å². The molecule has 2 aromatic heterocycles. The van der Waals surface area contributed by atoms with Gasteiger partial charge in [0.05, 0.1) is 16.4 Å². The van der Waals surface area contributed by atoms with Gasteiger partial charge in [-0.2, -0.15) is 0 Å². The lowest BCUT2D eigenvalue weighted by atomic mass is 10.2. The number of halogens is 1. The average Bonchev–Trinajstić information content (AvgIpc) is 3.19. The number of hydrogen-bond donors (Lipinski definition) is 1. The summed E-state index contributed by atoms with van der Waals surface area (Å²) in [6.45, 7) is 3.98. The summed E-state index contributed by atoms with van der Waals surface area (Å²) < 4.78 is 13.3. The lowest BCUT2D eigenvalue weighted by molar-refractivity contribution is 0.103. The van der Waals surface area contributed by atoms with E-state index >= 15 is 0 Å². The second-order valence-corrected chi connectivity index (χ2v) is 7.57. The van der Waals surface area contributed by atoms with Crippen LogP contribution in [0.2, 0.25) is 0 Å². The average molecular weight is 375 g/mol. The summed E-state index contributed by atoms with van der Waals surface area (Å²) >= 11 is 2.75. The van der Waals surface area contributed by atoms with Crippen molar-refractivity contribution in [2.24, 2.45) is 0 Å². The number of hydrogen-bond acceptors (Lipinski definition) is 5. The lowest BCUT2D eigenvalue weighted by Gasteiger charge is -1.99. The van der Waals surface area contributed by atoms with Gasteiger partial charge in [0.2, 0.25) is 0 Å². The van der Waals surface area contributed by atoms with E-state index in [1.807, 2.05) is 6.92 Å². The van der Waals surface area contributed by atoms with Crippen molar-refractivity contribution in [3.63, 3.8) is 0 Å². The van der Waals surface area contributed by atoms with Crippen LogP contribution in [0.4, 0.5) is 9.52 Å². The highest BCUT2D eigenvalue weighted by Crippen LogP contribution is 2.27. The second kappa shape index (κ2) is 7.84. The molecule has 0 fully saturated rings. The molecular formula is C18H18FN3OS2. The van der Waals surface area contributed by atoms with Crippen LogP contribution in [0.25, 0.3) is 11.3 Å². The molecule has 0 saturated heterocycles. The molecular weight excluding hydrogens is 357 g/mol. The molecule has 0 atom stereocenters. The maximum Gasteiger partial charge on any atom is 0.269 e. The third-order valence-electron chi connectivity index (χ3n) is 3.64. The predicted molar refractivity (Wildman–Crippen MR) is 101 cm³/mol. The van der Waals surface area contributed by atoms with Gasteiger partial charge in [0, 0.05) is 10.9 Å². The third kappa shape index (κ3) is 4.29. The minimum Gasteiger partial charge on any atom is -0.297 e. The monoisotopic (exact) mass is 375 g/mol. The SMILES string of the molecule is CCCCc1nc(C)c(C(=O)Nc2nc(-c3cccc(F)c3)cs2)s1. The lowest BCUT2D eigenvalue weighted by Crippen LogP contribution is -2.11. The van der Waals surface area contributed by atoms with Crippen molar-refractivity contribution in [3.8, 4) is 11.3 Å². The van der Waals surface area contributed by atoms with Gasteiger partial charge in [-0.05, 0) is 31.9 Å². The van der Waals surface area contributed by atoms with Crippen LogP contribution in [-0.2, 0) is 6.42 Å². The molecule has 0 spiro atoms. The minimum atomic E-state index is -0.309. The third-order valence-corrected chi connectivity index (χ3v) is 5.61. The first kappa shape index (κ1) is 17.7. The van der Waals surface area contributed by atoms with Gasteiger partial charge in [0.25, 0.3) is 5.91 Å². The first-order chi connectivity index (χ1) is 12.1. The van der Waals surface area contributed by atoms with E-state index in [-0.39, 0.29) is 11.7 Å². The molecule has 1 amide bonds. The number of aromatic nitrogens is 2. The Kier molecular flexibility index (Phi) is 5.55. The number of carbonyl (C=O) groups is 1. The van der Waals surface area contributed by atoms with E-state index in [0.29, 0.717) is 21.3 Å². The molecule has 0 aliphatic heterocycles. The Labute approximate surface area is 153 Å². The van der Waals surface area contributed by atoms with Gasteiger partial charge in [-0.25, -0.2) is 14.4 Å². The highest BCUT2D eigenvalue weighted by molar-refractivity contribution is 7.15. The van der Waals surface area contributed by atoms with Crippen LogP contribution >= 0.6 is 22.7 Å². The Bertz CT molecular complexity index is 888. The highest BCUT2D eigenvalue weighted by atomic mass is 32.1. The minimum absolute atomic E-state index is 0.196. The molecule has 0 aliphatic rings. The molecule has 0 saturated carbocycles. The number of thiazole rings is 2. The van der Waals surface area contributed by atoms with E-state index < -0.39 is 0 Å². The Balaban J connectivity index is 1.72. The summed E-state index contributed by atoms with van der Waals surface area (Å²) in [6, 6.07) is 6.24. The van der Waals surface area contributed by atoms with Gasteiger partial charge in [-0.1, -0.05) is 25.5 Å². The number of benzene rings is 1. The number of anilines is 1. The fraction of sp³-hybridized carbons (Fsp3) is 0.278. The second-order valence-electron chi connectivity index (χ2n) is 5.63. The van der Waals surface area contributed by atoms with Crippen molar-refractivity contribution in [2.75, 3.05) is 5.32 Å². The smallest absolute Gasteiger partial charge is 0.269 e. The summed E-state index contributed by atoms with van der Waals surface area (Å²) in [5, 5.41) is 6.10. The predicted octanol–water partition coefficient (Wildman–Crippen LogP) is 5.31. The van der Waals surface area contributed by atoms with E-state index in [9.17, 15) is 9.18 Å². The van der Waals surface area contributed by atoms with Crippen LogP contribution in [0.1, 0.15) is 40.1 Å². The molecule has 1 N–H and O–H groups in total. The number of nitrogens with one attached hydrogen (secondary N) is 1. The van der Waals surface area contributed by atoms with Crippen LogP contribution in [0.15, 0.2) is 29.6 Å². The number of rotatable bonds is 6. The standard InChI is InChI=1S/C18H18FN3OS2/c1-3-4-8-15-20-11(2)16(25-15)17(23)22-18-21-14(10-24-18)12-6-5-7-13(19)9-12/h5-7,9-10H,3-4,8H2,1-2H3,(H,21,22,23). The van der Waals surface area contributed by atoms with E-state index in [1.165, 1.54) is 34.8 Å². The van der Waals surface area contributed by atoms with E-state index in [4.69, 9.17) is 0 Å². The molecule has 0 bridgehead atoms. The van der Waals surface area contributed by atoms with E-state index in [2.05, 4.69) is 22.2 Å². The van der Waals surface area contributed by atoms with Crippen LogP contribution in [0.3, 0.4) is 0 Å². The number of amides is 1. The molecule has 0 unspecified atom stereocenters. The van der Waals surface area contributed by atoms with Crippen molar-refractivity contribution in [1.82, 2.24) is 9.97 Å². The fourth-order valence-corrected chi connectivity index (χ4v) is 4.08. The van der Waals surface area contributed by atoms with Crippen LogP contribution < -0.4 is 5.32 Å². The Morgan fingerprint density at radius 2 is 2.16 bits per heavy atom. The molecule has 4 nitrogen and oxygen atoms in total. The van der Waals surface area contributed by atoms with E-state index in [0.717, 1.165) is 30.0 Å². The molecule has 2 heterocycles. The molecule has 7 heteroatoms. The van der Waals surface area contributed by atoms with Crippen molar-refractivity contribution < 1.29 is 9.18 Å². The van der Waals surface area contributed by atoms with E-state index in [1.54, 1.807) is 17.5 Å². The number of carbonyl (C=O) groups excluding carboxylic acids is 1. The van der Waals surface area contributed by atoms with Gasteiger partial charge in [0.1, 0.15) is 10.7 Å². The first-order valence-corrected chi connectivity index (χ1v) is 9.75.